The molecule has 98 valence electrons. The van der Waals surface area contributed by atoms with Crippen molar-refractivity contribution < 1.29 is 9.90 Å². The van der Waals surface area contributed by atoms with Crippen molar-refractivity contribution in [3.8, 4) is 0 Å². The van der Waals surface area contributed by atoms with Crippen molar-refractivity contribution in [1.82, 2.24) is 10.2 Å². The minimum atomic E-state index is -0.831. The Balaban J connectivity index is 2.12. The van der Waals surface area contributed by atoms with Crippen LogP contribution >= 0.6 is 0 Å². The molecule has 4 heteroatoms. The number of aliphatic carboxylic acids is 1. The fourth-order valence-corrected chi connectivity index (χ4v) is 2.11. The fourth-order valence-electron chi connectivity index (χ4n) is 2.11. The number of rotatable bonds is 6. The third-order valence-corrected chi connectivity index (χ3v) is 3.48. The van der Waals surface area contributed by atoms with Gasteiger partial charge in [0.2, 0.25) is 0 Å². The molecule has 1 rings (SSSR count). The zero-order chi connectivity index (χ0) is 12.7. The van der Waals surface area contributed by atoms with Gasteiger partial charge in [-0.05, 0) is 51.9 Å². The van der Waals surface area contributed by atoms with E-state index in [1.165, 1.54) is 25.9 Å². The van der Waals surface area contributed by atoms with Gasteiger partial charge in [-0.25, -0.2) is 4.79 Å². The van der Waals surface area contributed by atoms with Gasteiger partial charge in [0.15, 0.2) is 0 Å². The molecule has 1 aliphatic heterocycles. The number of nitrogens with one attached hydrogen (secondary N) is 1. The Hall–Kier alpha value is -0.870. The van der Waals surface area contributed by atoms with E-state index in [0.717, 1.165) is 19.0 Å². The molecule has 0 bridgehead atoms. The van der Waals surface area contributed by atoms with E-state index < -0.39 is 5.97 Å². The van der Waals surface area contributed by atoms with Crippen LogP contribution in [0.15, 0.2) is 11.6 Å². The number of carboxylic acid groups (broad SMARTS) is 1. The van der Waals surface area contributed by atoms with Crippen LogP contribution in [0.25, 0.3) is 0 Å². The molecule has 0 aromatic heterocycles. The fraction of sp³-hybridized carbons (Fsp3) is 0.769. The summed E-state index contributed by atoms with van der Waals surface area (Å²) in [5, 5.41) is 12.0. The Labute approximate surface area is 104 Å². The molecule has 1 fully saturated rings. The molecule has 0 unspecified atom stereocenters. The molecular weight excluding hydrogens is 216 g/mol. The van der Waals surface area contributed by atoms with Crippen LogP contribution in [0.3, 0.4) is 0 Å². The second-order valence-corrected chi connectivity index (χ2v) is 4.73. The summed E-state index contributed by atoms with van der Waals surface area (Å²) in [4.78, 5) is 13.0. The van der Waals surface area contributed by atoms with Crippen molar-refractivity contribution in [2.45, 2.75) is 26.7 Å². The van der Waals surface area contributed by atoms with Crippen LogP contribution in [0.2, 0.25) is 0 Å². The molecule has 0 radical (unpaired) electrons. The number of carbonyl (C=O) groups is 1. The molecule has 1 saturated heterocycles. The molecule has 1 heterocycles. The van der Waals surface area contributed by atoms with Gasteiger partial charge in [-0.15, -0.1) is 0 Å². The lowest BCUT2D eigenvalue weighted by atomic mass is 9.97. The first-order chi connectivity index (χ1) is 8.13. The van der Waals surface area contributed by atoms with E-state index in [0.29, 0.717) is 12.1 Å². The van der Waals surface area contributed by atoms with E-state index in [9.17, 15) is 4.79 Å². The van der Waals surface area contributed by atoms with Crippen LogP contribution in [0.4, 0.5) is 0 Å². The summed E-state index contributed by atoms with van der Waals surface area (Å²) in [7, 11) is 0. The summed E-state index contributed by atoms with van der Waals surface area (Å²) >= 11 is 0. The largest absolute Gasteiger partial charge is 0.478 e. The molecule has 0 aliphatic carbocycles. The number of hydrogen-bond donors (Lipinski definition) is 2. The normalized spacial score (nSPS) is 19.5. The highest BCUT2D eigenvalue weighted by molar-refractivity contribution is 5.85. The van der Waals surface area contributed by atoms with Crippen LogP contribution in [0, 0.1) is 5.92 Å². The van der Waals surface area contributed by atoms with Gasteiger partial charge < -0.3 is 15.3 Å². The summed E-state index contributed by atoms with van der Waals surface area (Å²) in [6, 6.07) is 0. The summed E-state index contributed by atoms with van der Waals surface area (Å²) in [5.41, 5.74) is 0.415. The standard InChI is InChI=1S/C13H24N2O2/c1-3-15-8-5-12(6-9-15)10-14-7-4-11(2)13(16)17/h4,12,14H,3,5-10H2,1-2H3,(H,16,17)/b11-4-. The number of likely N-dealkylation sites (tertiary alicyclic amines) is 1. The van der Waals surface area contributed by atoms with Crippen LogP contribution in [-0.4, -0.2) is 48.7 Å². The summed E-state index contributed by atoms with van der Waals surface area (Å²) < 4.78 is 0. The zero-order valence-corrected chi connectivity index (χ0v) is 10.9. The average molecular weight is 240 g/mol. The van der Waals surface area contributed by atoms with Gasteiger partial charge in [0.25, 0.3) is 0 Å². The predicted octanol–water partition coefficient (Wildman–Crippen LogP) is 1.34. The topological polar surface area (TPSA) is 52.6 Å². The van der Waals surface area contributed by atoms with Crippen molar-refractivity contribution in [3.05, 3.63) is 11.6 Å². The van der Waals surface area contributed by atoms with Gasteiger partial charge in [0.1, 0.15) is 0 Å². The monoisotopic (exact) mass is 240 g/mol. The molecule has 0 atom stereocenters. The maximum absolute atomic E-state index is 10.6. The molecule has 2 N–H and O–H groups in total. The number of carboxylic acids is 1. The van der Waals surface area contributed by atoms with E-state index >= 15 is 0 Å². The molecule has 0 aromatic rings. The average Bonchev–Trinajstić information content (AvgIpc) is 2.35. The summed E-state index contributed by atoms with van der Waals surface area (Å²) in [6.07, 6.45) is 4.24. The lowest BCUT2D eigenvalue weighted by Gasteiger charge is -2.31. The van der Waals surface area contributed by atoms with Crippen molar-refractivity contribution in [1.29, 1.82) is 0 Å². The number of hydrogen-bond acceptors (Lipinski definition) is 3. The molecule has 0 amide bonds. The highest BCUT2D eigenvalue weighted by Gasteiger charge is 2.17. The van der Waals surface area contributed by atoms with Gasteiger partial charge in [0, 0.05) is 12.1 Å². The SMILES string of the molecule is CCN1CCC(CNC/C=C(/C)C(=O)O)CC1. The first kappa shape index (κ1) is 14.2. The summed E-state index contributed by atoms with van der Waals surface area (Å²) in [6.45, 7) is 9.05. The Morgan fingerprint density at radius 1 is 1.47 bits per heavy atom. The van der Waals surface area contributed by atoms with Crippen LogP contribution < -0.4 is 5.32 Å². The molecule has 17 heavy (non-hydrogen) atoms. The minimum absolute atomic E-state index is 0.415. The van der Waals surface area contributed by atoms with Gasteiger partial charge >= 0.3 is 5.97 Å². The Morgan fingerprint density at radius 2 is 2.12 bits per heavy atom. The number of nitrogens with zero attached hydrogens (tertiary/aromatic N) is 1. The Morgan fingerprint density at radius 3 is 2.65 bits per heavy atom. The van der Waals surface area contributed by atoms with Gasteiger partial charge in [0.05, 0.1) is 0 Å². The van der Waals surface area contributed by atoms with Gasteiger partial charge in [-0.2, -0.15) is 0 Å². The smallest absolute Gasteiger partial charge is 0.330 e. The van der Waals surface area contributed by atoms with Crippen molar-refractivity contribution >= 4 is 5.97 Å². The maximum atomic E-state index is 10.6. The third-order valence-electron chi connectivity index (χ3n) is 3.48. The molecule has 4 nitrogen and oxygen atoms in total. The van der Waals surface area contributed by atoms with Crippen molar-refractivity contribution in [2.24, 2.45) is 5.92 Å². The van der Waals surface area contributed by atoms with Gasteiger partial charge in [-0.3, -0.25) is 0 Å². The zero-order valence-electron chi connectivity index (χ0n) is 10.9. The lowest BCUT2D eigenvalue weighted by Crippen LogP contribution is -2.37. The third kappa shape index (κ3) is 5.33. The molecular formula is C13H24N2O2. The number of piperidine rings is 1. The first-order valence-corrected chi connectivity index (χ1v) is 6.46. The highest BCUT2D eigenvalue weighted by Crippen LogP contribution is 2.15. The van der Waals surface area contributed by atoms with Crippen LogP contribution in [0.5, 0.6) is 0 Å². The Bertz CT molecular complexity index is 269. The minimum Gasteiger partial charge on any atom is -0.478 e. The second-order valence-electron chi connectivity index (χ2n) is 4.73. The summed E-state index contributed by atoms with van der Waals surface area (Å²) in [5.74, 6) is -0.0839. The molecule has 1 aliphatic rings. The van der Waals surface area contributed by atoms with Crippen LogP contribution in [-0.2, 0) is 4.79 Å². The molecule has 0 aromatic carbocycles. The van der Waals surface area contributed by atoms with Crippen molar-refractivity contribution in [2.75, 3.05) is 32.7 Å². The van der Waals surface area contributed by atoms with Gasteiger partial charge in [-0.1, -0.05) is 13.0 Å². The van der Waals surface area contributed by atoms with Crippen LogP contribution in [0.1, 0.15) is 26.7 Å². The highest BCUT2D eigenvalue weighted by atomic mass is 16.4. The molecule has 0 spiro atoms. The van der Waals surface area contributed by atoms with Crippen molar-refractivity contribution in [3.63, 3.8) is 0 Å². The quantitative estimate of drug-likeness (QED) is 0.543. The van der Waals surface area contributed by atoms with E-state index in [-0.39, 0.29) is 0 Å². The van der Waals surface area contributed by atoms with E-state index in [4.69, 9.17) is 5.11 Å². The molecule has 0 saturated carbocycles. The second kappa shape index (κ2) is 7.45. The van der Waals surface area contributed by atoms with E-state index in [1.807, 2.05) is 0 Å². The lowest BCUT2D eigenvalue weighted by molar-refractivity contribution is -0.132. The first-order valence-electron chi connectivity index (χ1n) is 6.46. The van der Waals surface area contributed by atoms with E-state index in [1.54, 1.807) is 13.0 Å². The Kier molecular flexibility index (Phi) is 6.22. The van der Waals surface area contributed by atoms with E-state index in [2.05, 4.69) is 17.1 Å². The predicted molar refractivity (Wildman–Crippen MR) is 69.1 cm³/mol. The maximum Gasteiger partial charge on any atom is 0.330 e.